The van der Waals surface area contributed by atoms with Crippen molar-refractivity contribution in [1.82, 2.24) is 0 Å². The van der Waals surface area contributed by atoms with Gasteiger partial charge in [0, 0.05) is 44.3 Å². The molecule has 14 aromatic rings. The van der Waals surface area contributed by atoms with Crippen LogP contribution in [0, 0.1) is 0 Å². The Labute approximate surface area is 429 Å². The fourth-order valence-electron chi connectivity index (χ4n) is 11.1. The minimum atomic E-state index is 0.889. The van der Waals surface area contributed by atoms with E-state index >= 15 is 0 Å². The Bertz CT molecular complexity index is 4200. The van der Waals surface area contributed by atoms with Crippen molar-refractivity contribution in [1.29, 1.82) is 0 Å². The summed E-state index contributed by atoms with van der Waals surface area (Å²) in [5.41, 5.74) is 13.4. The van der Waals surface area contributed by atoms with Crippen LogP contribution in [0.2, 0.25) is 0 Å². The normalized spacial score (nSPS) is 11.5. The molecule has 4 heteroatoms. The number of furan rings is 1. The molecule has 0 N–H and O–H groups in total. The molecule has 4 nitrogen and oxygen atoms in total. The van der Waals surface area contributed by atoms with E-state index in [1.165, 1.54) is 43.1 Å². The summed E-state index contributed by atoms with van der Waals surface area (Å²) >= 11 is 0. The van der Waals surface area contributed by atoms with Gasteiger partial charge < -0.3 is 19.1 Å². The highest BCUT2D eigenvalue weighted by Crippen LogP contribution is 2.50. The number of anilines is 9. The Morgan fingerprint density at radius 1 is 0.203 bits per heavy atom. The number of nitrogens with zero attached hydrogens (tertiary/aromatic N) is 3. The fourth-order valence-corrected chi connectivity index (χ4v) is 11.1. The van der Waals surface area contributed by atoms with E-state index in [2.05, 4.69) is 288 Å². The van der Waals surface area contributed by atoms with Gasteiger partial charge in [-0.1, -0.05) is 188 Å². The lowest BCUT2D eigenvalue weighted by atomic mass is 9.98. The summed E-state index contributed by atoms with van der Waals surface area (Å²) in [6.45, 7) is 0. The number of fused-ring (bicyclic) bond motifs is 9. The predicted octanol–water partition coefficient (Wildman–Crippen LogP) is 20.3. The Hall–Kier alpha value is -9.90. The van der Waals surface area contributed by atoms with Crippen molar-refractivity contribution in [2.45, 2.75) is 0 Å². The molecule has 1 aromatic heterocycles. The minimum Gasteiger partial charge on any atom is -0.456 e. The SMILES string of the molecule is c1ccc(N(c2ccc(-c3ccc4oc5ccccc5c4c3)cc2)c2cc(N(c3ccccc3)c3cc4ccccc4c4ccccc34)cc(N(c3ccccc3)c3cc4ccccc4c4ccccc34)c2)cc1. The lowest BCUT2D eigenvalue weighted by molar-refractivity contribution is 0.669. The van der Waals surface area contributed by atoms with Gasteiger partial charge in [0.2, 0.25) is 0 Å². The molecule has 13 aromatic carbocycles. The number of benzene rings is 13. The molecule has 74 heavy (non-hydrogen) atoms. The van der Waals surface area contributed by atoms with E-state index < -0.39 is 0 Å². The molecule has 0 bridgehead atoms. The van der Waals surface area contributed by atoms with Crippen molar-refractivity contribution in [2.75, 3.05) is 14.7 Å². The molecule has 348 valence electrons. The van der Waals surface area contributed by atoms with E-state index in [9.17, 15) is 0 Å². The Morgan fingerprint density at radius 2 is 0.568 bits per heavy atom. The Kier molecular flexibility index (Phi) is 10.5. The summed E-state index contributed by atoms with van der Waals surface area (Å²) in [7, 11) is 0. The largest absolute Gasteiger partial charge is 0.456 e. The van der Waals surface area contributed by atoms with E-state index in [1.807, 2.05) is 12.1 Å². The predicted molar refractivity (Wildman–Crippen MR) is 313 cm³/mol. The van der Waals surface area contributed by atoms with Crippen LogP contribution in [0.5, 0.6) is 0 Å². The zero-order valence-electron chi connectivity index (χ0n) is 40.4. The van der Waals surface area contributed by atoms with Crippen LogP contribution >= 0.6 is 0 Å². The second-order valence-electron chi connectivity index (χ2n) is 18.9. The second-order valence-corrected chi connectivity index (χ2v) is 18.9. The van der Waals surface area contributed by atoms with Gasteiger partial charge in [-0.2, -0.15) is 0 Å². The van der Waals surface area contributed by atoms with E-state index in [4.69, 9.17) is 4.42 Å². The van der Waals surface area contributed by atoms with Gasteiger partial charge in [-0.15, -0.1) is 0 Å². The van der Waals surface area contributed by atoms with Gasteiger partial charge in [-0.05, 0) is 141 Å². The second kappa shape index (κ2) is 18.1. The van der Waals surface area contributed by atoms with Crippen LogP contribution in [0.3, 0.4) is 0 Å². The van der Waals surface area contributed by atoms with Gasteiger partial charge in [0.05, 0.1) is 28.4 Å². The molecule has 0 saturated carbocycles. The van der Waals surface area contributed by atoms with E-state index in [1.54, 1.807) is 0 Å². The Balaban J connectivity index is 1.04. The average Bonchev–Trinajstić information content (AvgIpc) is 3.86. The first-order valence-electron chi connectivity index (χ1n) is 25.2. The van der Waals surface area contributed by atoms with Crippen molar-refractivity contribution in [3.8, 4) is 11.1 Å². The maximum atomic E-state index is 6.22. The summed E-state index contributed by atoms with van der Waals surface area (Å²) in [6, 6.07) is 103. The summed E-state index contributed by atoms with van der Waals surface area (Å²) in [6.07, 6.45) is 0. The summed E-state index contributed by atoms with van der Waals surface area (Å²) in [4.78, 5) is 7.30. The highest BCUT2D eigenvalue weighted by atomic mass is 16.3. The molecule has 0 aliphatic rings. The third-order valence-electron chi connectivity index (χ3n) is 14.5. The summed E-state index contributed by atoms with van der Waals surface area (Å²) in [5.74, 6) is 0. The fraction of sp³-hybridized carbons (Fsp3) is 0. The van der Waals surface area contributed by atoms with Gasteiger partial charge in [0.15, 0.2) is 0 Å². The molecule has 0 spiro atoms. The van der Waals surface area contributed by atoms with Crippen LogP contribution in [0.15, 0.2) is 290 Å². The first-order valence-corrected chi connectivity index (χ1v) is 25.2. The molecule has 0 aliphatic carbocycles. The molecule has 0 fully saturated rings. The van der Waals surface area contributed by atoms with Gasteiger partial charge in [0.25, 0.3) is 0 Å². The molecule has 14 rings (SSSR count). The monoisotopic (exact) mass is 945 g/mol. The molecule has 1 heterocycles. The lowest BCUT2D eigenvalue weighted by Crippen LogP contribution is -2.16. The molecule has 0 unspecified atom stereocenters. The molecular weight excluding hydrogens is 899 g/mol. The van der Waals surface area contributed by atoms with Crippen molar-refractivity contribution in [2.24, 2.45) is 0 Å². The van der Waals surface area contributed by atoms with Gasteiger partial charge in [0.1, 0.15) is 11.2 Å². The highest BCUT2D eigenvalue weighted by Gasteiger charge is 2.25. The van der Waals surface area contributed by atoms with E-state index in [0.717, 1.165) is 84.3 Å². The van der Waals surface area contributed by atoms with Crippen LogP contribution < -0.4 is 14.7 Å². The topological polar surface area (TPSA) is 22.9 Å². The minimum absolute atomic E-state index is 0.889. The molecule has 0 atom stereocenters. The quantitative estimate of drug-likeness (QED) is 0.127. The summed E-state index contributed by atoms with van der Waals surface area (Å²) < 4.78 is 6.22. The average molecular weight is 946 g/mol. The standard InChI is InChI=1S/C70H47N3O/c1-4-22-52(23-5-1)71(55-39-36-48(37-40-55)49-38-41-70-66(42-49)65-34-18-19-35-69(65)74-70)56-45-57(72(53-24-6-2-7-25-53)67-43-50-20-10-12-28-59(50)61-30-14-16-32-63(61)67)47-58(46-56)73(54-26-8-3-9-27-54)68-44-51-21-11-13-29-60(51)62-31-15-17-33-64(62)68/h1-47H. The van der Waals surface area contributed by atoms with E-state index in [0.29, 0.717) is 0 Å². The van der Waals surface area contributed by atoms with Crippen molar-refractivity contribution >= 4 is 116 Å². The summed E-state index contributed by atoms with van der Waals surface area (Å²) in [5, 5.41) is 11.8. The molecule has 0 radical (unpaired) electrons. The van der Waals surface area contributed by atoms with Crippen LogP contribution in [0.1, 0.15) is 0 Å². The number of hydrogen-bond acceptors (Lipinski definition) is 4. The van der Waals surface area contributed by atoms with Crippen LogP contribution in [-0.4, -0.2) is 0 Å². The van der Waals surface area contributed by atoms with Crippen molar-refractivity contribution in [3.63, 3.8) is 0 Å². The molecule has 0 amide bonds. The zero-order valence-corrected chi connectivity index (χ0v) is 40.4. The van der Waals surface area contributed by atoms with Crippen LogP contribution in [0.25, 0.3) is 76.2 Å². The van der Waals surface area contributed by atoms with Crippen molar-refractivity contribution < 1.29 is 4.42 Å². The maximum Gasteiger partial charge on any atom is 0.135 e. The van der Waals surface area contributed by atoms with Crippen molar-refractivity contribution in [3.05, 3.63) is 285 Å². The van der Waals surface area contributed by atoms with Gasteiger partial charge in [-0.25, -0.2) is 0 Å². The Morgan fingerprint density at radius 3 is 1.08 bits per heavy atom. The lowest BCUT2D eigenvalue weighted by Gasteiger charge is -2.34. The van der Waals surface area contributed by atoms with Gasteiger partial charge in [-0.3, -0.25) is 0 Å². The number of hydrogen-bond donors (Lipinski definition) is 0. The first-order chi connectivity index (χ1) is 36.7. The molecule has 0 aliphatic heterocycles. The maximum absolute atomic E-state index is 6.22. The molecule has 0 saturated heterocycles. The van der Waals surface area contributed by atoms with Gasteiger partial charge >= 0.3 is 0 Å². The van der Waals surface area contributed by atoms with Crippen LogP contribution in [0.4, 0.5) is 51.2 Å². The third-order valence-corrected chi connectivity index (χ3v) is 14.5. The molecular formula is C70H47N3O. The zero-order chi connectivity index (χ0) is 49.0. The smallest absolute Gasteiger partial charge is 0.135 e. The number of para-hydroxylation sites is 4. The highest BCUT2D eigenvalue weighted by molar-refractivity contribution is 6.16. The van der Waals surface area contributed by atoms with Crippen LogP contribution in [-0.2, 0) is 0 Å². The third kappa shape index (κ3) is 7.48. The first kappa shape index (κ1) is 42.9. The number of rotatable bonds is 10. The van der Waals surface area contributed by atoms with E-state index in [-0.39, 0.29) is 0 Å².